The minimum atomic E-state index is -4.20. The summed E-state index contributed by atoms with van der Waals surface area (Å²) in [5.41, 5.74) is 6.00. The summed E-state index contributed by atoms with van der Waals surface area (Å²) >= 11 is 1.54. The quantitative estimate of drug-likeness (QED) is 0.0606. The first-order chi connectivity index (χ1) is 33.5. The van der Waals surface area contributed by atoms with Crippen molar-refractivity contribution in [3.63, 3.8) is 0 Å². The van der Waals surface area contributed by atoms with Crippen LogP contribution in [-0.2, 0) is 36.7 Å². The highest BCUT2D eigenvalue weighted by atomic mass is 32.1. The molecule has 1 aliphatic carbocycles. The van der Waals surface area contributed by atoms with Crippen molar-refractivity contribution in [1.29, 1.82) is 0 Å². The van der Waals surface area contributed by atoms with Crippen molar-refractivity contribution in [2.24, 2.45) is 11.3 Å². The first-order valence-electron chi connectivity index (χ1n) is 24.5. The van der Waals surface area contributed by atoms with E-state index in [0.29, 0.717) is 25.7 Å². The molecule has 7 rings (SSSR count). The Morgan fingerprint density at radius 1 is 0.930 bits per heavy atom. The van der Waals surface area contributed by atoms with Crippen molar-refractivity contribution < 1.29 is 55.7 Å². The van der Waals surface area contributed by atoms with Crippen LogP contribution in [-0.4, -0.2) is 107 Å². The number of aliphatic hydroxyl groups excluding tert-OH is 1. The normalized spacial score (nSPS) is 20.0. The monoisotopic (exact) mass is 1010 g/mol. The van der Waals surface area contributed by atoms with Gasteiger partial charge in [-0.1, -0.05) is 69.3 Å². The topological polar surface area (TPSA) is 118 Å². The van der Waals surface area contributed by atoms with Gasteiger partial charge < -0.3 is 24.2 Å². The number of amides is 1. The number of rotatable bonds is 22. The summed E-state index contributed by atoms with van der Waals surface area (Å²) in [4.78, 5) is 49.1. The first-order valence-corrected chi connectivity index (χ1v) is 25.4. The van der Waals surface area contributed by atoms with E-state index in [4.69, 9.17) is 14.2 Å². The van der Waals surface area contributed by atoms with Gasteiger partial charge in [0.25, 0.3) is 0 Å². The lowest BCUT2D eigenvalue weighted by atomic mass is 9.76. The fourth-order valence-corrected chi connectivity index (χ4v) is 10.9. The Balaban J connectivity index is 0.851. The van der Waals surface area contributed by atoms with E-state index >= 15 is 22.0 Å². The number of aromatic nitrogens is 1. The third-order valence-corrected chi connectivity index (χ3v) is 14.7. The van der Waals surface area contributed by atoms with Gasteiger partial charge in [-0.15, -0.1) is 11.3 Å². The largest absolute Gasteiger partial charge is 0.493 e. The number of fused-ring (bicyclic) bond motifs is 2. The number of β-amino-alcohol motifs (C(OH)–C–C–N with tert-alkyl or cyclic N) is 1. The molecule has 10 nitrogen and oxygen atoms in total. The molecule has 16 heteroatoms. The molecule has 71 heavy (non-hydrogen) atoms. The second-order valence-electron chi connectivity index (χ2n) is 20.9. The molecule has 384 valence electrons. The maximum Gasteiger partial charge on any atom is 0.416 e. The summed E-state index contributed by atoms with van der Waals surface area (Å²) in [6.07, 6.45) is -4.05. The molecule has 0 bridgehead atoms. The lowest BCUT2D eigenvalue weighted by Gasteiger charge is -2.44. The Morgan fingerprint density at radius 2 is 1.61 bits per heavy atom. The first kappa shape index (κ1) is 53.9. The number of aliphatic hydroxyl groups is 1. The molecule has 4 aromatic rings. The number of thiazole rings is 1. The van der Waals surface area contributed by atoms with E-state index in [-0.39, 0.29) is 75.3 Å². The van der Waals surface area contributed by atoms with E-state index in [9.17, 15) is 19.5 Å². The number of benzene rings is 3. The fourth-order valence-electron chi connectivity index (χ4n) is 10.1. The van der Waals surface area contributed by atoms with Crippen LogP contribution in [0.15, 0.2) is 71.7 Å². The Morgan fingerprint density at radius 3 is 2.25 bits per heavy atom. The van der Waals surface area contributed by atoms with Crippen LogP contribution in [0.3, 0.4) is 0 Å². The van der Waals surface area contributed by atoms with Crippen molar-refractivity contribution in [2.75, 3.05) is 39.5 Å². The Bertz CT molecular complexity index is 2550. The maximum atomic E-state index is 16.1. The van der Waals surface area contributed by atoms with Gasteiger partial charge in [0, 0.05) is 75.7 Å². The van der Waals surface area contributed by atoms with Gasteiger partial charge >= 0.3 is 6.11 Å². The average Bonchev–Trinajstić information content (AvgIpc) is 4.02. The predicted octanol–water partition coefficient (Wildman–Crippen LogP) is 10.9. The summed E-state index contributed by atoms with van der Waals surface area (Å²) < 4.78 is 93.6. The standard InChI is InChI=1S/C55H66F5N3O7S/c1-33-24-41-40-13-9-8-12-37(40)25-42(41)50(63(33)31-54(6,7)58)49-44(56)27-39(28-45(49)57)69-22-10-20-68-21-11-23-70-55(59,60)48(66)29-43(53(3,4)5)52(67)62-30-38(64)26-46(62)47(65)19-16-35-14-17-36(18-15-35)51-34(2)61-32-71-51/h8-9,12-15,17-18,27-28,32-33,38,43,46,50,64H,10-11,16,19-26,29-31H2,1-7H3/t33-,38-,43-,46+,50+/m1/s1. The van der Waals surface area contributed by atoms with Gasteiger partial charge in [0.05, 0.1) is 53.4 Å². The lowest BCUT2D eigenvalue weighted by molar-refractivity contribution is -0.231. The molecule has 3 aromatic carbocycles. The van der Waals surface area contributed by atoms with Gasteiger partial charge in [-0.3, -0.25) is 19.3 Å². The minimum Gasteiger partial charge on any atom is -0.493 e. The maximum absolute atomic E-state index is 16.1. The average molecular weight is 1010 g/mol. The Labute approximate surface area is 417 Å². The molecule has 1 N–H and O–H groups in total. The molecule has 0 spiro atoms. The highest BCUT2D eigenvalue weighted by Gasteiger charge is 2.49. The van der Waals surface area contributed by atoms with Gasteiger partial charge in [-0.05, 0) is 92.2 Å². The van der Waals surface area contributed by atoms with Gasteiger partial charge in [0.15, 0.2) is 5.78 Å². The zero-order chi connectivity index (χ0) is 51.4. The molecule has 3 aliphatic rings. The van der Waals surface area contributed by atoms with Gasteiger partial charge in [-0.25, -0.2) is 18.2 Å². The van der Waals surface area contributed by atoms with E-state index in [1.165, 1.54) is 18.7 Å². The molecule has 2 aliphatic heterocycles. The third kappa shape index (κ3) is 13.0. The molecule has 1 saturated heterocycles. The number of Topliss-reactive ketones (excluding diaryl/α,β-unsaturated/α-hetero) is 2. The molecular formula is C55H66F5N3O7S. The second kappa shape index (κ2) is 22.5. The summed E-state index contributed by atoms with van der Waals surface area (Å²) in [5.74, 6) is -5.34. The zero-order valence-corrected chi connectivity index (χ0v) is 42.5. The van der Waals surface area contributed by atoms with E-state index < -0.39 is 77.7 Å². The van der Waals surface area contributed by atoms with Gasteiger partial charge in [-0.2, -0.15) is 8.78 Å². The smallest absolute Gasteiger partial charge is 0.416 e. The molecule has 0 radical (unpaired) electrons. The van der Waals surface area contributed by atoms with Crippen molar-refractivity contribution in [3.8, 4) is 16.2 Å². The van der Waals surface area contributed by atoms with Crippen LogP contribution in [0.25, 0.3) is 16.0 Å². The molecule has 0 unspecified atom stereocenters. The SMILES string of the molecule is Cc1ncsc1-c1ccc(CCC(=O)[C@@H]2C[C@@H](O)CN2C(=O)[C@@H](CC(=O)C(F)(F)OCCCOCCCOc2cc(F)c([C@@H]3C4=C(C[C@@H](C)N3CC(C)(C)F)c3ccccc3C4)c(F)c2)C(C)(C)C)cc1. The lowest BCUT2D eigenvalue weighted by Crippen LogP contribution is -2.48. The fraction of sp³-hybridized carbons (Fsp3) is 0.527. The van der Waals surface area contributed by atoms with Crippen LogP contribution in [0.4, 0.5) is 22.0 Å². The number of halogens is 5. The van der Waals surface area contributed by atoms with Gasteiger partial charge in [0.2, 0.25) is 11.7 Å². The number of hydrogen-bond donors (Lipinski definition) is 1. The predicted molar refractivity (Wildman–Crippen MR) is 263 cm³/mol. The number of nitrogens with zero attached hydrogens (tertiary/aromatic N) is 3. The van der Waals surface area contributed by atoms with Crippen LogP contribution in [0.5, 0.6) is 5.75 Å². The van der Waals surface area contributed by atoms with E-state index in [1.54, 1.807) is 37.6 Å². The van der Waals surface area contributed by atoms with Gasteiger partial charge in [0.1, 0.15) is 23.1 Å². The summed E-state index contributed by atoms with van der Waals surface area (Å²) in [7, 11) is 0. The molecule has 3 heterocycles. The van der Waals surface area contributed by atoms with Crippen molar-refractivity contribution >= 4 is 34.4 Å². The highest BCUT2D eigenvalue weighted by molar-refractivity contribution is 7.13. The summed E-state index contributed by atoms with van der Waals surface area (Å²) in [6.45, 7) is 11.3. The van der Waals surface area contributed by atoms with Crippen molar-refractivity contribution in [1.82, 2.24) is 14.8 Å². The number of likely N-dealkylation sites (tertiary alicyclic amines) is 1. The molecule has 1 aromatic heterocycles. The van der Waals surface area contributed by atoms with Crippen LogP contribution >= 0.6 is 11.3 Å². The number of ether oxygens (including phenoxy) is 3. The molecular weight excluding hydrogens is 942 g/mol. The molecule has 0 saturated carbocycles. The van der Waals surface area contributed by atoms with Crippen LogP contribution in [0, 0.1) is 29.9 Å². The zero-order valence-electron chi connectivity index (χ0n) is 41.7. The number of aryl methyl sites for hydroxylation is 2. The number of carbonyl (C=O) groups is 3. The Kier molecular flexibility index (Phi) is 17.1. The summed E-state index contributed by atoms with van der Waals surface area (Å²) in [5, 5.41) is 10.6. The van der Waals surface area contributed by atoms with Crippen LogP contribution in [0.2, 0.25) is 0 Å². The molecule has 1 fully saturated rings. The minimum absolute atomic E-state index is 0.00357. The molecule has 5 atom stereocenters. The highest BCUT2D eigenvalue weighted by Crippen LogP contribution is 2.50. The van der Waals surface area contributed by atoms with Crippen molar-refractivity contribution in [2.45, 2.75) is 136 Å². The van der Waals surface area contributed by atoms with E-state index in [2.05, 4.69) is 4.98 Å². The second-order valence-corrected chi connectivity index (χ2v) is 21.7. The number of ketones is 2. The number of carbonyl (C=O) groups excluding carboxylic acids is 3. The van der Waals surface area contributed by atoms with Crippen LogP contribution in [0.1, 0.15) is 114 Å². The van der Waals surface area contributed by atoms with Crippen LogP contribution < -0.4 is 4.74 Å². The van der Waals surface area contributed by atoms with Crippen molar-refractivity contribution in [3.05, 3.63) is 111 Å². The number of hydrogen-bond acceptors (Lipinski definition) is 10. The molecule has 1 amide bonds. The third-order valence-electron chi connectivity index (χ3n) is 13.8. The van der Waals surface area contributed by atoms with E-state index in [1.807, 2.05) is 67.3 Å². The summed E-state index contributed by atoms with van der Waals surface area (Å²) in [6, 6.07) is 16.1. The van der Waals surface area contributed by atoms with E-state index in [0.717, 1.165) is 56.1 Å². The Hall–Kier alpha value is -4.87. The number of alkyl halides is 3.